The molecule has 2 aromatic carbocycles. The third-order valence-electron chi connectivity index (χ3n) is 6.99. The number of hydrogen-bond acceptors (Lipinski definition) is 3. The van der Waals surface area contributed by atoms with Crippen molar-refractivity contribution in [3.8, 4) is 17.2 Å². The highest BCUT2D eigenvalue weighted by molar-refractivity contribution is 5.77. The van der Waals surface area contributed by atoms with Crippen LogP contribution in [0.4, 0.5) is 0 Å². The van der Waals surface area contributed by atoms with Crippen molar-refractivity contribution in [3.05, 3.63) is 94.1 Å². The third-order valence-corrected chi connectivity index (χ3v) is 6.99. The minimum absolute atomic E-state index is 0.0793. The first kappa shape index (κ1) is 19.1. The van der Waals surface area contributed by atoms with Crippen LogP contribution in [0.2, 0.25) is 0 Å². The number of quaternary nitrogens is 1. The number of hydrogen-bond donors (Lipinski definition) is 1. The molecule has 1 saturated heterocycles. The number of fused-ring (bicyclic) bond motifs is 5. The van der Waals surface area contributed by atoms with Crippen LogP contribution in [0.5, 0.6) is 0 Å². The first-order valence-electron chi connectivity index (χ1n) is 11.2. The van der Waals surface area contributed by atoms with E-state index >= 15 is 0 Å². The molecule has 1 unspecified atom stereocenters. The number of nitrogens with one attached hydrogen (secondary N) is 1. The molecule has 0 spiro atoms. The molecule has 32 heavy (non-hydrogen) atoms. The predicted octanol–water partition coefficient (Wildman–Crippen LogP) is 3.34. The van der Waals surface area contributed by atoms with Crippen molar-refractivity contribution in [2.75, 3.05) is 13.1 Å². The SMILES string of the molecule is N#Cc1cccc(-c2ccc(=O)n3c2[C@@H]2C[C@H](C3)C[NH+](Cc3cc4ccccc4o3)C2)c1. The van der Waals surface area contributed by atoms with Gasteiger partial charge in [-0.15, -0.1) is 0 Å². The minimum atomic E-state index is 0.0793. The second-order valence-corrected chi connectivity index (χ2v) is 9.16. The van der Waals surface area contributed by atoms with Crippen LogP contribution in [0.3, 0.4) is 0 Å². The lowest BCUT2D eigenvalue weighted by atomic mass is 9.80. The van der Waals surface area contributed by atoms with Gasteiger partial charge >= 0.3 is 0 Å². The number of pyridine rings is 1. The lowest BCUT2D eigenvalue weighted by Crippen LogP contribution is -3.13. The van der Waals surface area contributed by atoms with Gasteiger partial charge in [-0.25, -0.2) is 0 Å². The number of piperidine rings is 1. The van der Waals surface area contributed by atoms with E-state index in [-0.39, 0.29) is 5.56 Å². The Hall–Kier alpha value is -3.62. The van der Waals surface area contributed by atoms with Gasteiger partial charge in [0.1, 0.15) is 12.1 Å². The summed E-state index contributed by atoms with van der Waals surface area (Å²) in [6, 6.07) is 23.9. The Morgan fingerprint density at radius 1 is 1.06 bits per heavy atom. The Morgan fingerprint density at radius 2 is 1.97 bits per heavy atom. The van der Waals surface area contributed by atoms with Crippen LogP contribution in [0.25, 0.3) is 22.1 Å². The molecule has 158 valence electrons. The van der Waals surface area contributed by atoms with Gasteiger partial charge < -0.3 is 13.9 Å². The fourth-order valence-electron chi connectivity index (χ4n) is 5.75. The van der Waals surface area contributed by atoms with Crippen LogP contribution < -0.4 is 10.5 Å². The fraction of sp³-hybridized carbons (Fsp3) is 0.259. The molecule has 2 aromatic heterocycles. The number of benzene rings is 2. The van der Waals surface area contributed by atoms with Crippen molar-refractivity contribution < 1.29 is 9.32 Å². The van der Waals surface area contributed by atoms with E-state index in [9.17, 15) is 10.1 Å². The number of nitriles is 1. The van der Waals surface area contributed by atoms with Crippen LogP contribution in [0.15, 0.2) is 75.9 Å². The maximum atomic E-state index is 12.8. The summed E-state index contributed by atoms with van der Waals surface area (Å²) in [5.74, 6) is 1.82. The Bertz CT molecular complexity index is 1390. The average Bonchev–Trinajstić information content (AvgIpc) is 3.22. The van der Waals surface area contributed by atoms with Crippen molar-refractivity contribution in [3.63, 3.8) is 0 Å². The van der Waals surface area contributed by atoms with Crippen molar-refractivity contribution >= 4 is 11.0 Å². The number of para-hydroxylation sites is 1. The summed E-state index contributed by atoms with van der Waals surface area (Å²) in [7, 11) is 0. The molecule has 0 amide bonds. The molecule has 1 fully saturated rings. The molecule has 5 heteroatoms. The van der Waals surface area contributed by atoms with Crippen LogP contribution in [-0.4, -0.2) is 17.7 Å². The number of rotatable bonds is 3. The zero-order valence-electron chi connectivity index (χ0n) is 17.8. The van der Waals surface area contributed by atoms with Gasteiger partial charge in [-0.2, -0.15) is 5.26 Å². The standard InChI is InChI=1S/C27H23N3O2/c28-13-18-4-3-6-20(10-18)24-8-9-26(31)30-15-19-11-22(27(24)30)16-29(14-19)17-23-12-21-5-1-2-7-25(21)32-23/h1-10,12,19,22H,11,14-17H2/p+1/t19-,22+/m0/s1. The van der Waals surface area contributed by atoms with Crippen LogP contribution in [-0.2, 0) is 13.1 Å². The molecule has 0 radical (unpaired) electrons. The largest absolute Gasteiger partial charge is 0.455 e. The van der Waals surface area contributed by atoms with Gasteiger partial charge in [0.2, 0.25) is 0 Å². The topological polar surface area (TPSA) is 63.4 Å². The van der Waals surface area contributed by atoms with Gasteiger partial charge in [-0.3, -0.25) is 4.79 Å². The van der Waals surface area contributed by atoms with Crippen molar-refractivity contribution in [2.24, 2.45) is 5.92 Å². The molecule has 6 rings (SSSR count). The van der Waals surface area contributed by atoms with Gasteiger partial charge in [-0.1, -0.05) is 30.3 Å². The van der Waals surface area contributed by atoms with Crippen molar-refractivity contribution in [1.82, 2.24) is 4.57 Å². The van der Waals surface area contributed by atoms with Gasteiger partial charge in [0.15, 0.2) is 5.76 Å². The highest BCUT2D eigenvalue weighted by atomic mass is 16.3. The van der Waals surface area contributed by atoms with Gasteiger partial charge in [0, 0.05) is 41.1 Å². The predicted molar refractivity (Wildman–Crippen MR) is 122 cm³/mol. The summed E-state index contributed by atoms with van der Waals surface area (Å²) in [4.78, 5) is 14.3. The Morgan fingerprint density at radius 3 is 2.84 bits per heavy atom. The molecule has 2 aliphatic rings. The summed E-state index contributed by atoms with van der Waals surface area (Å²) >= 11 is 0. The highest BCUT2D eigenvalue weighted by Crippen LogP contribution is 2.37. The first-order valence-corrected chi connectivity index (χ1v) is 11.2. The lowest BCUT2D eigenvalue weighted by molar-refractivity contribution is -0.925. The van der Waals surface area contributed by atoms with Crippen molar-refractivity contribution in [1.29, 1.82) is 5.26 Å². The van der Waals surface area contributed by atoms with Gasteiger partial charge in [0.25, 0.3) is 5.56 Å². The van der Waals surface area contributed by atoms with Crippen LogP contribution in [0, 0.1) is 17.2 Å². The lowest BCUT2D eigenvalue weighted by Gasteiger charge is -2.41. The Labute approximate surface area is 186 Å². The maximum absolute atomic E-state index is 12.8. The average molecular weight is 423 g/mol. The van der Waals surface area contributed by atoms with E-state index in [1.165, 1.54) is 4.90 Å². The molecule has 4 heterocycles. The normalized spacial score (nSPS) is 21.8. The maximum Gasteiger partial charge on any atom is 0.250 e. The molecule has 2 bridgehead atoms. The summed E-state index contributed by atoms with van der Waals surface area (Å²) < 4.78 is 8.08. The second-order valence-electron chi connectivity index (χ2n) is 9.16. The Kier molecular flexibility index (Phi) is 4.48. The van der Waals surface area contributed by atoms with E-state index in [0.717, 1.165) is 66.2 Å². The quantitative estimate of drug-likeness (QED) is 0.551. The molecule has 4 aromatic rings. The summed E-state index contributed by atoms with van der Waals surface area (Å²) in [6.07, 6.45) is 1.11. The van der Waals surface area contributed by atoms with E-state index in [0.29, 0.717) is 17.4 Å². The molecule has 3 atom stereocenters. The van der Waals surface area contributed by atoms with E-state index in [4.69, 9.17) is 4.42 Å². The van der Waals surface area contributed by atoms with Crippen LogP contribution in [0.1, 0.15) is 29.4 Å². The molecule has 0 aliphatic carbocycles. The zero-order chi connectivity index (χ0) is 21.7. The van der Waals surface area contributed by atoms with E-state index in [1.807, 2.05) is 53.1 Å². The smallest absolute Gasteiger partial charge is 0.250 e. The van der Waals surface area contributed by atoms with E-state index < -0.39 is 0 Å². The highest BCUT2D eigenvalue weighted by Gasteiger charge is 2.39. The number of aromatic nitrogens is 1. The minimum Gasteiger partial charge on any atom is -0.455 e. The molecule has 2 aliphatic heterocycles. The second kappa shape index (κ2) is 7.51. The molecule has 1 N–H and O–H groups in total. The Balaban J connectivity index is 1.35. The third kappa shape index (κ3) is 3.24. The molecule has 5 nitrogen and oxygen atoms in total. The number of furan rings is 1. The zero-order valence-corrected chi connectivity index (χ0v) is 17.8. The van der Waals surface area contributed by atoms with Crippen molar-refractivity contribution in [2.45, 2.75) is 25.4 Å². The monoisotopic (exact) mass is 422 g/mol. The summed E-state index contributed by atoms with van der Waals surface area (Å²) in [5, 5.41) is 10.5. The van der Waals surface area contributed by atoms with E-state index in [1.54, 1.807) is 6.07 Å². The summed E-state index contributed by atoms with van der Waals surface area (Å²) in [5.41, 5.74) is 4.88. The number of nitrogens with zero attached hydrogens (tertiary/aromatic N) is 2. The number of likely N-dealkylation sites (tertiary alicyclic amines) is 1. The summed E-state index contributed by atoms with van der Waals surface area (Å²) in [6.45, 7) is 3.65. The van der Waals surface area contributed by atoms with Crippen LogP contribution >= 0.6 is 0 Å². The van der Waals surface area contributed by atoms with E-state index in [2.05, 4.69) is 18.2 Å². The van der Waals surface area contributed by atoms with Gasteiger partial charge in [-0.05, 0) is 42.3 Å². The molecular weight excluding hydrogens is 398 g/mol. The molecular formula is C27H24N3O2+. The first-order chi connectivity index (χ1) is 15.7. The fourth-order valence-corrected chi connectivity index (χ4v) is 5.75. The molecule has 0 saturated carbocycles. The van der Waals surface area contributed by atoms with Gasteiger partial charge in [0.05, 0.1) is 24.7 Å².